The Morgan fingerprint density at radius 2 is 2.22 bits per heavy atom. The minimum Gasteiger partial charge on any atom is -0.348 e. The van der Waals surface area contributed by atoms with Gasteiger partial charge in [-0.15, -0.1) is 0 Å². The summed E-state index contributed by atoms with van der Waals surface area (Å²) in [6.45, 7) is 4.16. The molecule has 3 heteroatoms. The minimum atomic E-state index is -0.171. The molecule has 0 radical (unpaired) electrons. The molecule has 3 unspecified atom stereocenters. The van der Waals surface area contributed by atoms with Crippen molar-refractivity contribution in [1.29, 1.82) is 0 Å². The number of hydrogen-bond acceptors (Lipinski definition) is 3. The smallest absolute Gasteiger partial charge is 0.177 e. The molecule has 0 spiro atoms. The van der Waals surface area contributed by atoms with Crippen LogP contribution in [0.15, 0.2) is 0 Å². The quantitative estimate of drug-likeness (QED) is 0.531. The van der Waals surface area contributed by atoms with Crippen LogP contribution in [0.5, 0.6) is 0 Å². The Labute approximate surface area is 55.1 Å². The lowest BCUT2D eigenvalue weighted by Crippen LogP contribution is -2.16. The van der Waals surface area contributed by atoms with E-state index in [2.05, 4.69) is 11.8 Å². The maximum absolute atomic E-state index is 5.28. The summed E-state index contributed by atoms with van der Waals surface area (Å²) >= 11 is 0. The van der Waals surface area contributed by atoms with Gasteiger partial charge in [0.2, 0.25) is 0 Å². The first kappa shape index (κ1) is 6.99. The molecule has 9 heavy (non-hydrogen) atoms. The Hall–Kier alpha value is -0.120. The molecule has 0 aromatic rings. The molecule has 0 aromatic heterocycles. The fraction of sp³-hybridized carbons (Fsp3) is 1.00. The lowest BCUT2D eigenvalue weighted by molar-refractivity contribution is -0.132. The van der Waals surface area contributed by atoms with Gasteiger partial charge in [0.1, 0.15) is 0 Å². The highest BCUT2D eigenvalue weighted by Gasteiger charge is 2.28. The van der Waals surface area contributed by atoms with Gasteiger partial charge < -0.3 is 4.74 Å². The Bertz CT molecular complexity index is 87.1. The maximum Gasteiger partial charge on any atom is 0.177 e. The highest BCUT2D eigenvalue weighted by atomic mass is 16.8. The summed E-state index contributed by atoms with van der Waals surface area (Å²) in [7, 11) is 0. The van der Waals surface area contributed by atoms with Crippen LogP contribution >= 0.6 is 0 Å². The van der Waals surface area contributed by atoms with Crippen LogP contribution in [-0.4, -0.2) is 12.4 Å². The lowest BCUT2D eigenvalue weighted by Gasteiger charge is -2.06. The fourth-order valence-electron chi connectivity index (χ4n) is 1.01. The van der Waals surface area contributed by atoms with E-state index in [0.29, 0.717) is 12.0 Å². The van der Waals surface area contributed by atoms with Gasteiger partial charge in [0, 0.05) is 6.42 Å². The van der Waals surface area contributed by atoms with E-state index in [0.717, 1.165) is 6.42 Å². The van der Waals surface area contributed by atoms with E-state index >= 15 is 0 Å². The number of rotatable bonds is 1. The van der Waals surface area contributed by atoms with Crippen molar-refractivity contribution in [3.63, 3.8) is 0 Å². The lowest BCUT2D eigenvalue weighted by atomic mass is 10.1. The Morgan fingerprint density at radius 1 is 1.56 bits per heavy atom. The molecular weight excluding hydrogens is 118 g/mol. The molecule has 1 fully saturated rings. The molecule has 0 bridgehead atoms. The zero-order valence-corrected chi connectivity index (χ0v) is 5.83. The number of hydrogen-bond donors (Lipinski definition) is 1. The molecule has 1 heterocycles. The Kier molecular flexibility index (Phi) is 2.05. The molecule has 1 aliphatic rings. The van der Waals surface area contributed by atoms with Crippen LogP contribution in [0.2, 0.25) is 0 Å². The topological polar surface area (TPSA) is 44.5 Å². The molecule has 54 valence electrons. The highest BCUT2D eigenvalue weighted by Crippen LogP contribution is 2.24. The summed E-state index contributed by atoms with van der Waals surface area (Å²) in [6.07, 6.45) is 1.03. The van der Waals surface area contributed by atoms with E-state index in [1.807, 2.05) is 6.92 Å². The van der Waals surface area contributed by atoms with Crippen molar-refractivity contribution < 1.29 is 9.57 Å². The van der Waals surface area contributed by atoms with Crippen LogP contribution in [0.4, 0.5) is 0 Å². The van der Waals surface area contributed by atoms with Gasteiger partial charge >= 0.3 is 0 Å². The number of ether oxygens (including phenoxy) is 1. The SMILES string of the molecule is CC1CC(ON)OC1C. The molecule has 0 aromatic carbocycles. The van der Waals surface area contributed by atoms with Crippen molar-refractivity contribution in [2.24, 2.45) is 11.8 Å². The van der Waals surface area contributed by atoms with Crippen LogP contribution in [0, 0.1) is 5.92 Å². The standard InChI is InChI=1S/C6H13NO2/c1-4-3-6(9-7)8-5(4)2/h4-6H,3,7H2,1-2H3. The minimum absolute atomic E-state index is 0.171. The number of nitrogens with two attached hydrogens (primary N) is 1. The Balaban J connectivity index is 2.35. The van der Waals surface area contributed by atoms with E-state index in [1.165, 1.54) is 0 Å². The molecule has 0 aliphatic carbocycles. The van der Waals surface area contributed by atoms with Gasteiger partial charge in [-0.25, -0.2) is 5.90 Å². The van der Waals surface area contributed by atoms with Crippen LogP contribution in [0.25, 0.3) is 0 Å². The van der Waals surface area contributed by atoms with E-state index in [-0.39, 0.29) is 6.29 Å². The summed E-state index contributed by atoms with van der Waals surface area (Å²) < 4.78 is 5.28. The third kappa shape index (κ3) is 1.41. The van der Waals surface area contributed by atoms with Crippen LogP contribution in [0.3, 0.4) is 0 Å². The average molecular weight is 131 g/mol. The van der Waals surface area contributed by atoms with Crippen molar-refractivity contribution in [2.75, 3.05) is 0 Å². The van der Waals surface area contributed by atoms with Crippen LogP contribution in [0.1, 0.15) is 20.3 Å². The second-order valence-corrected chi connectivity index (χ2v) is 2.62. The third-order valence-corrected chi connectivity index (χ3v) is 1.88. The average Bonchev–Trinajstić information content (AvgIpc) is 2.13. The van der Waals surface area contributed by atoms with E-state index in [1.54, 1.807) is 0 Å². The molecule has 3 atom stereocenters. The van der Waals surface area contributed by atoms with Crippen LogP contribution in [-0.2, 0) is 9.57 Å². The predicted molar refractivity (Wildman–Crippen MR) is 33.4 cm³/mol. The van der Waals surface area contributed by atoms with Gasteiger partial charge in [0.25, 0.3) is 0 Å². The second-order valence-electron chi connectivity index (χ2n) is 2.62. The maximum atomic E-state index is 5.28. The summed E-state index contributed by atoms with van der Waals surface area (Å²) in [5.74, 6) is 5.50. The van der Waals surface area contributed by atoms with Crippen molar-refractivity contribution in [3.8, 4) is 0 Å². The van der Waals surface area contributed by atoms with Crippen molar-refractivity contribution >= 4 is 0 Å². The molecule has 1 saturated heterocycles. The molecule has 0 amide bonds. The van der Waals surface area contributed by atoms with Gasteiger partial charge in [-0.2, -0.15) is 0 Å². The van der Waals surface area contributed by atoms with Crippen molar-refractivity contribution in [2.45, 2.75) is 32.7 Å². The predicted octanol–water partition coefficient (Wildman–Crippen LogP) is 0.648. The summed E-state index contributed by atoms with van der Waals surface area (Å²) in [5.41, 5.74) is 0. The second kappa shape index (κ2) is 2.64. The molecule has 0 saturated carbocycles. The molecule has 3 nitrogen and oxygen atoms in total. The summed E-state index contributed by atoms with van der Waals surface area (Å²) in [4.78, 5) is 4.53. The molecule has 1 aliphatic heterocycles. The zero-order chi connectivity index (χ0) is 6.85. The molecule has 1 rings (SSSR count). The fourth-order valence-corrected chi connectivity index (χ4v) is 1.01. The van der Waals surface area contributed by atoms with Crippen LogP contribution < -0.4 is 5.90 Å². The largest absolute Gasteiger partial charge is 0.348 e. The van der Waals surface area contributed by atoms with Crippen molar-refractivity contribution in [3.05, 3.63) is 0 Å². The molecule has 2 N–H and O–H groups in total. The van der Waals surface area contributed by atoms with E-state index in [9.17, 15) is 0 Å². The monoisotopic (exact) mass is 131 g/mol. The van der Waals surface area contributed by atoms with Gasteiger partial charge in [-0.05, 0) is 12.8 Å². The summed E-state index contributed by atoms with van der Waals surface area (Å²) in [5, 5.41) is 0. The van der Waals surface area contributed by atoms with Gasteiger partial charge in [0.15, 0.2) is 6.29 Å². The first-order valence-electron chi connectivity index (χ1n) is 3.25. The first-order valence-corrected chi connectivity index (χ1v) is 3.25. The zero-order valence-electron chi connectivity index (χ0n) is 5.83. The third-order valence-electron chi connectivity index (χ3n) is 1.88. The normalized spacial score (nSPS) is 43.7. The Morgan fingerprint density at radius 3 is 2.44 bits per heavy atom. The van der Waals surface area contributed by atoms with E-state index in [4.69, 9.17) is 10.6 Å². The van der Waals surface area contributed by atoms with Gasteiger partial charge in [-0.3, -0.25) is 4.84 Å². The molecular formula is C6H13NO2. The highest BCUT2D eigenvalue weighted by molar-refractivity contribution is 4.70. The summed E-state index contributed by atoms with van der Waals surface area (Å²) in [6, 6.07) is 0. The first-order chi connectivity index (χ1) is 4.24. The van der Waals surface area contributed by atoms with Gasteiger partial charge in [0.05, 0.1) is 6.10 Å². The van der Waals surface area contributed by atoms with Crippen molar-refractivity contribution in [1.82, 2.24) is 0 Å². The van der Waals surface area contributed by atoms with E-state index < -0.39 is 0 Å². The van der Waals surface area contributed by atoms with Gasteiger partial charge in [-0.1, -0.05) is 6.92 Å².